The molecule has 0 heterocycles. The molecule has 3 N–H and O–H groups in total. The Hall–Kier alpha value is -2.86. The number of hydrogen-bond acceptors (Lipinski definition) is 4. The van der Waals surface area contributed by atoms with Gasteiger partial charge in [0, 0.05) is 18.8 Å². The third-order valence-electron chi connectivity index (χ3n) is 4.16. The molecular weight excluding hydrogens is 344 g/mol. The summed E-state index contributed by atoms with van der Waals surface area (Å²) in [5.74, 6) is -0.557. The third kappa shape index (κ3) is 6.75. The van der Waals surface area contributed by atoms with Gasteiger partial charge in [0.15, 0.2) is 0 Å². The fourth-order valence-corrected chi connectivity index (χ4v) is 2.79. The van der Waals surface area contributed by atoms with Crippen molar-refractivity contribution >= 4 is 17.5 Å². The van der Waals surface area contributed by atoms with Crippen LogP contribution in [-0.4, -0.2) is 36.7 Å². The van der Waals surface area contributed by atoms with Crippen LogP contribution in [0.1, 0.15) is 31.2 Å². The Morgan fingerprint density at radius 1 is 1.00 bits per heavy atom. The first-order chi connectivity index (χ1) is 13.1. The fraction of sp³-hybridized carbons (Fsp3) is 0.333. The summed E-state index contributed by atoms with van der Waals surface area (Å²) in [6, 6.07) is 16.7. The topological polar surface area (TPSA) is 87.7 Å². The van der Waals surface area contributed by atoms with Gasteiger partial charge in [0.2, 0.25) is 0 Å². The van der Waals surface area contributed by atoms with Crippen molar-refractivity contribution in [1.29, 1.82) is 0 Å². The molecule has 1 atom stereocenters. The van der Waals surface area contributed by atoms with Crippen LogP contribution in [0.3, 0.4) is 0 Å². The largest absolute Gasteiger partial charge is 0.494 e. The number of nitrogens with one attached hydrogen (secondary N) is 2. The molecule has 0 aliphatic carbocycles. The molecular formula is C21H26N2O4. The van der Waals surface area contributed by atoms with Gasteiger partial charge in [-0.3, -0.25) is 9.59 Å². The van der Waals surface area contributed by atoms with Gasteiger partial charge >= 0.3 is 11.8 Å². The van der Waals surface area contributed by atoms with Crippen molar-refractivity contribution in [3.05, 3.63) is 60.2 Å². The van der Waals surface area contributed by atoms with Crippen LogP contribution in [0.25, 0.3) is 0 Å². The number of anilines is 1. The molecule has 6 heteroatoms. The summed E-state index contributed by atoms with van der Waals surface area (Å²) >= 11 is 0. The second-order valence-corrected chi connectivity index (χ2v) is 6.08. The van der Waals surface area contributed by atoms with Crippen molar-refractivity contribution in [2.75, 3.05) is 25.1 Å². The lowest BCUT2D eigenvalue weighted by Gasteiger charge is -2.16. The molecule has 2 amide bonds. The highest BCUT2D eigenvalue weighted by molar-refractivity contribution is 6.39. The molecule has 27 heavy (non-hydrogen) atoms. The number of benzene rings is 2. The number of ether oxygens (including phenoxy) is 1. The molecule has 0 aliphatic rings. The number of carbonyl (C=O) groups is 2. The van der Waals surface area contributed by atoms with Gasteiger partial charge < -0.3 is 20.5 Å². The first-order valence-corrected chi connectivity index (χ1v) is 9.12. The van der Waals surface area contributed by atoms with Crippen LogP contribution in [0.15, 0.2) is 54.6 Å². The van der Waals surface area contributed by atoms with Crippen LogP contribution >= 0.6 is 0 Å². The van der Waals surface area contributed by atoms with Crippen molar-refractivity contribution in [3.63, 3.8) is 0 Å². The molecule has 2 rings (SSSR count). The summed E-state index contributed by atoms with van der Waals surface area (Å²) in [6.45, 7) is 2.89. The Balaban J connectivity index is 1.80. The van der Waals surface area contributed by atoms with E-state index < -0.39 is 11.8 Å². The Labute approximate surface area is 159 Å². The molecule has 0 saturated heterocycles. The maximum atomic E-state index is 12.0. The highest BCUT2D eigenvalue weighted by Gasteiger charge is 2.15. The predicted molar refractivity (Wildman–Crippen MR) is 105 cm³/mol. The molecule has 144 valence electrons. The molecule has 0 bridgehead atoms. The van der Waals surface area contributed by atoms with E-state index in [1.807, 2.05) is 37.3 Å². The third-order valence-corrected chi connectivity index (χ3v) is 4.16. The first kappa shape index (κ1) is 20.5. The summed E-state index contributed by atoms with van der Waals surface area (Å²) in [5.41, 5.74) is 1.64. The molecule has 0 spiro atoms. The van der Waals surface area contributed by atoms with Crippen LogP contribution in [0.4, 0.5) is 5.69 Å². The summed E-state index contributed by atoms with van der Waals surface area (Å²) in [7, 11) is 0. The van der Waals surface area contributed by atoms with E-state index in [0.717, 1.165) is 5.56 Å². The second-order valence-electron chi connectivity index (χ2n) is 6.08. The van der Waals surface area contributed by atoms with Crippen LogP contribution in [0, 0.1) is 0 Å². The van der Waals surface area contributed by atoms with Gasteiger partial charge in [0.05, 0.1) is 6.61 Å². The summed E-state index contributed by atoms with van der Waals surface area (Å²) in [6.07, 6.45) is 1.25. The van der Waals surface area contributed by atoms with Gasteiger partial charge in [-0.05, 0) is 55.5 Å². The molecule has 0 radical (unpaired) electrons. The number of amides is 2. The highest BCUT2D eigenvalue weighted by Crippen LogP contribution is 2.22. The predicted octanol–water partition coefficient (Wildman–Crippen LogP) is 2.70. The number of aliphatic hydroxyl groups excluding tert-OH is 1. The maximum Gasteiger partial charge on any atom is 0.313 e. The summed E-state index contributed by atoms with van der Waals surface area (Å²) in [4.78, 5) is 24.0. The van der Waals surface area contributed by atoms with Gasteiger partial charge in [0.1, 0.15) is 5.75 Å². The number of hydrogen-bond donors (Lipinski definition) is 3. The van der Waals surface area contributed by atoms with Gasteiger partial charge in [-0.1, -0.05) is 30.3 Å². The average Bonchev–Trinajstić information content (AvgIpc) is 2.69. The van der Waals surface area contributed by atoms with Crippen molar-refractivity contribution in [1.82, 2.24) is 5.32 Å². The lowest BCUT2D eigenvalue weighted by Crippen LogP contribution is -2.36. The maximum absolute atomic E-state index is 12.0. The van der Waals surface area contributed by atoms with Crippen molar-refractivity contribution in [2.45, 2.75) is 25.7 Å². The first-order valence-electron chi connectivity index (χ1n) is 9.12. The molecule has 0 saturated carbocycles. The molecule has 2 aromatic rings. The molecule has 0 aromatic heterocycles. The van der Waals surface area contributed by atoms with E-state index in [1.54, 1.807) is 24.3 Å². The smallest absolute Gasteiger partial charge is 0.313 e. The van der Waals surface area contributed by atoms with Crippen LogP contribution < -0.4 is 15.4 Å². The molecule has 2 aromatic carbocycles. The quantitative estimate of drug-likeness (QED) is 0.592. The van der Waals surface area contributed by atoms with Crippen molar-refractivity contribution in [2.24, 2.45) is 0 Å². The lowest BCUT2D eigenvalue weighted by atomic mass is 9.93. The van der Waals surface area contributed by atoms with Crippen LogP contribution in [0.5, 0.6) is 5.75 Å². The number of carbonyl (C=O) groups excluding carboxylic acids is 2. The summed E-state index contributed by atoms with van der Waals surface area (Å²) in [5, 5.41) is 14.4. The zero-order chi connectivity index (χ0) is 19.5. The van der Waals surface area contributed by atoms with E-state index in [4.69, 9.17) is 4.74 Å². The Bertz CT molecular complexity index is 717. The molecule has 1 unspecified atom stereocenters. The molecule has 0 aliphatic heterocycles. The standard InChI is InChI=1S/C21H26N2O4/c1-2-27-19-10-8-18(9-11-19)23-21(26)20(25)22-14-12-17(13-15-24)16-6-4-3-5-7-16/h3-11,17,24H,2,12-15H2,1H3,(H,22,25)(H,23,26). The van der Waals surface area contributed by atoms with E-state index in [-0.39, 0.29) is 12.5 Å². The molecule has 6 nitrogen and oxygen atoms in total. The average molecular weight is 370 g/mol. The number of aliphatic hydroxyl groups is 1. The highest BCUT2D eigenvalue weighted by atomic mass is 16.5. The van der Waals surface area contributed by atoms with E-state index in [0.29, 0.717) is 37.4 Å². The van der Waals surface area contributed by atoms with Crippen LogP contribution in [0.2, 0.25) is 0 Å². The Morgan fingerprint density at radius 2 is 1.70 bits per heavy atom. The zero-order valence-corrected chi connectivity index (χ0v) is 15.5. The minimum atomic E-state index is -0.711. The van der Waals surface area contributed by atoms with Gasteiger partial charge in [-0.2, -0.15) is 0 Å². The Morgan fingerprint density at radius 3 is 2.33 bits per heavy atom. The van der Waals surface area contributed by atoms with Gasteiger partial charge in [-0.25, -0.2) is 0 Å². The minimum absolute atomic E-state index is 0.0751. The zero-order valence-electron chi connectivity index (χ0n) is 15.5. The summed E-state index contributed by atoms with van der Waals surface area (Å²) < 4.78 is 5.34. The second kappa shape index (κ2) is 11.0. The van der Waals surface area contributed by atoms with Crippen LogP contribution in [-0.2, 0) is 9.59 Å². The van der Waals surface area contributed by atoms with Crippen molar-refractivity contribution in [3.8, 4) is 5.75 Å². The monoisotopic (exact) mass is 370 g/mol. The van der Waals surface area contributed by atoms with Gasteiger partial charge in [0.25, 0.3) is 0 Å². The minimum Gasteiger partial charge on any atom is -0.494 e. The van der Waals surface area contributed by atoms with Gasteiger partial charge in [-0.15, -0.1) is 0 Å². The van der Waals surface area contributed by atoms with Crippen molar-refractivity contribution < 1.29 is 19.4 Å². The normalized spacial score (nSPS) is 11.5. The lowest BCUT2D eigenvalue weighted by molar-refractivity contribution is -0.136. The molecule has 0 fully saturated rings. The Kier molecular flexibility index (Phi) is 8.32. The van der Waals surface area contributed by atoms with E-state index in [9.17, 15) is 14.7 Å². The fourth-order valence-electron chi connectivity index (χ4n) is 2.79. The number of rotatable bonds is 9. The van der Waals surface area contributed by atoms with E-state index in [2.05, 4.69) is 10.6 Å². The van der Waals surface area contributed by atoms with E-state index in [1.165, 1.54) is 0 Å². The SMILES string of the molecule is CCOc1ccc(NC(=O)C(=O)NCCC(CCO)c2ccccc2)cc1. The van der Waals surface area contributed by atoms with E-state index >= 15 is 0 Å².